The molecule has 0 saturated carbocycles. The first kappa shape index (κ1) is 9.72. The molecule has 1 atom stereocenters. The number of rotatable bonds is 4. The summed E-state index contributed by atoms with van der Waals surface area (Å²) < 4.78 is 4.68. The summed E-state index contributed by atoms with van der Waals surface area (Å²) in [5.41, 5.74) is 0. The van der Waals surface area contributed by atoms with Gasteiger partial charge in [-0.05, 0) is 0 Å². The molecule has 0 spiro atoms. The van der Waals surface area contributed by atoms with E-state index in [1.54, 1.807) is 6.92 Å². The third-order valence-corrected chi connectivity index (χ3v) is 1.31. The second kappa shape index (κ2) is 5.50. The van der Waals surface area contributed by atoms with Crippen molar-refractivity contribution in [2.45, 2.75) is 19.4 Å². The first-order valence-electron chi connectivity index (χ1n) is 3.10. The lowest BCUT2D eigenvalue weighted by Gasteiger charge is -2.10. The number of aliphatic hydroxyl groups excluding tert-OH is 1. The van der Waals surface area contributed by atoms with E-state index in [0.717, 1.165) is 0 Å². The van der Waals surface area contributed by atoms with Crippen molar-refractivity contribution in [1.82, 2.24) is 0 Å². The minimum atomic E-state index is -0.547. The molecule has 4 heteroatoms. The average Bonchev–Trinajstić information content (AvgIpc) is 1.99. The fraction of sp³-hybridized carbons (Fsp3) is 0.833. The van der Waals surface area contributed by atoms with Crippen LogP contribution in [0.5, 0.6) is 0 Å². The average molecular weight is 167 g/mol. The molecule has 0 aliphatic rings. The quantitative estimate of drug-likeness (QED) is 0.490. The molecule has 0 aliphatic carbocycles. The molecule has 0 amide bonds. The molecule has 0 saturated heterocycles. The van der Waals surface area contributed by atoms with E-state index in [1.807, 2.05) is 0 Å². The van der Waals surface area contributed by atoms with Gasteiger partial charge in [-0.25, -0.2) is 0 Å². The van der Waals surface area contributed by atoms with Crippen LogP contribution in [0.15, 0.2) is 0 Å². The lowest BCUT2D eigenvalue weighted by molar-refractivity contribution is -0.149. The van der Waals surface area contributed by atoms with Crippen LogP contribution in [0.1, 0.15) is 13.3 Å². The van der Waals surface area contributed by atoms with Gasteiger partial charge in [0.15, 0.2) is 0 Å². The summed E-state index contributed by atoms with van der Waals surface area (Å²) >= 11 is 5.33. The Morgan fingerprint density at radius 2 is 2.40 bits per heavy atom. The molecule has 0 rings (SSSR count). The molecule has 60 valence electrons. The second-order valence-electron chi connectivity index (χ2n) is 1.80. The summed E-state index contributed by atoms with van der Waals surface area (Å²) in [6.45, 7) is 1.47. The van der Waals surface area contributed by atoms with Crippen LogP contribution in [-0.2, 0) is 9.53 Å². The number of hydrogen-bond acceptors (Lipinski definition) is 3. The number of carbonyl (C=O) groups excluding carboxylic acids is 1. The van der Waals surface area contributed by atoms with Gasteiger partial charge in [0.05, 0.1) is 12.5 Å². The summed E-state index contributed by atoms with van der Waals surface area (Å²) in [5.74, 6) is -0.192. The topological polar surface area (TPSA) is 46.5 Å². The molecule has 0 bridgehead atoms. The summed E-state index contributed by atoms with van der Waals surface area (Å²) in [5, 5.41) is 8.51. The van der Waals surface area contributed by atoms with Crippen molar-refractivity contribution in [3.8, 4) is 0 Å². The van der Waals surface area contributed by atoms with Gasteiger partial charge in [0.25, 0.3) is 0 Å². The van der Waals surface area contributed by atoms with E-state index >= 15 is 0 Å². The van der Waals surface area contributed by atoms with Gasteiger partial charge in [-0.3, -0.25) is 4.79 Å². The molecule has 0 fully saturated rings. The standard InChI is InChI=1S/C6H11ClO3/c1-2-6(9)10-5(3-7)4-8/h5,8H,2-4H2,1H3. The molecular formula is C6H11ClO3. The molecule has 3 nitrogen and oxygen atoms in total. The molecule has 0 aliphatic heterocycles. The number of esters is 1. The predicted octanol–water partition coefficient (Wildman–Crippen LogP) is 0.539. The van der Waals surface area contributed by atoms with Crippen LogP contribution in [0.3, 0.4) is 0 Å². The molecule has 0 aromatic carbocycles. The molecule has 0 aromatic heterocycles. The maximum atomic E-state index is 10.5. The van der Waals surface area contributed by atoms with Gasteiger partial charge in [-0.1, -0.05) is 6.92 Å². The Morgan fingerprint density at radius 1 is 1.80 bits per heavy atom. The SMILES string of the molecule is CCC(=O)OC(CO)CCl. The molecule has 0 heterocycles. The number of halogens is 1. The number of ether oxygens (including phenoxy) is 1. The van der Waals surface area contributed by atoms with E-state index in [0.29, 0.717) is 6.42 Å². The van der Waals surface area contributed by atoms with Crippen molar-refractivity contribution < 1.29 is 14.6 Å². The van der Waals surface area contributed by atoms with E-state index < -0.39 is 6.10 Å². The van der Waals surface area contributed by atoms with Crippen molar-refractivity contribution in [3.05, 3.63) is 0 Å². The van der Waals surface area contributed by atoms with Gasteiger partial charge in [-0.15, -0.1) is 11.6 Å². The Morgan fingerprint density at radius 3 is 2.70 bits per heavy atom. The lowest BCUT2D eigenvalue weighted by atomic mass is 10.4. The Kier molecular flexibility index (Phi) is 5.35. The van der Waals surface area contributed by atoms with Gasteiger partial charge in [0.2, 0.25) is 0 Å². The highest BCUT2D eigenvalue weighted by atomic mass is 35.5. The van der Waals surface area contributed by atoms with Crippen molar-refractivity contribution in [2.24, 2.45) is 0 Å². The van der Waals surface area contributed by atoms with Gasteiger partial charge < -0.3 is 9.84 Å². The van der Waals surface area contributed by atoms with Crippen molar-refractivity contribution in [3.63, 3.8) is 0 Å². The molecular weight excluding hydrogens is 156 g/mol. The zero-order valence-electron chi connectivity index (χ0n) is 5.84. The minimum absolute atomic E-state index is 0.141. The third-order valence-electron chi connectivity index (χ3n) is 0.963. The highest BCUT2D eigenvalue weighted by Gasteiger charge is 2.09. The largest absolute Gasteiger partial charge is 0.459 e. The lowest BCUT2D eigenvalue weighted by Crippen LogP contribution is -2.22. The van der Waals surface area contributed by atoms with Crippen molar-refractivity contribution >= 4 is 17.6 Å². The molecule has 0 radical (unpaired) electrons. The molecule has 1 N–H and O–H groups in total. The molecule has 10 heavy (non-hydrogen) atoms. The maximum Gasteiger partial charge on any atom is 0.305 e. The van der Waals surface area contributed by atoms with E-state index in [2.05, 4.69) is 4.74 Å². The van der Waals surface area contributed by atoms with Crippen LogP contribution in [0.25, 0.3) is 0 Å². The highest BCUT2D eigenvalue weighted by Crippen LogP contribution is 1.96. The Hall–Kier alpha value is -0.280. The minimum Gasteiger partial charge on any atom is -0.459 e. The molecule has 1 unspecified atom stereocenters. The third kappa shape index (κ3) is 3.69. The predicted molar refractivity (Wildman–Crippen MR) is 38.0 cm³/mol. The zero-order chi connectivity index (χ0) is 7.98. The van der Waals surface area contributed by atoms with Crippen LogP contribution in [0, 0.1) is 0 Å². The number of carbonyl (C=O) groups is 1. The monoisotopic (exact) mass is 166 g/mol. The summed E-state index contributed by atoms with van der Waals surface area (Å²) in [6, 6.07) is 0. The number of alkyl halides is 1. The summed E-state index contributed by atoms with van der Waals surface area (Å²) in [4.78, 5) is 10.5. The van der Waals surface area contributed by atoms with E-state index in [9.17, 15) is 4.79 Å². The van der Waals surface area contributed by atoms with Crippen LogP contribution in [0.2, 0.25) is 0 Å². The van der Waals surface area contributed by atoms with E-state index in [4.69, 9.17) is 16.7 Å². The first-order chi connectivity index (χ1) is 4.74. The zero-order valence-corrected chi connectivity index (χ0v) is 6.60. The highest BCUT2D eigenvalue weighted by molar-refractivity contribution is 6.18. The van der Waals surface area contributed by atoms with Gasteiger partial charge in [0.1, 0.15) is 6.10 Å². The van der Waals surface area contributed by atoms with Gasteiger partial charge >= 0.3 is 5.97 Å². The van der Waals surface area contributed by atoms with E-state index in [1.165, 1.54) is 0 Å². The number of hydrogen-bond donors (Lipinski definition) is 1. The summed E-state index contributed by atoms with van der Waals surface area (Å²) in [6.07, 6.45) is -0.234. The smallest absolute Gasteiger partial charge is 0.305 e. The Labute approximate surface area is 64.9 Å². The van der Waals surface area contributed by atoms with Crippen LogP contribution < -0.4 is 0 Å². The summed E-state index contributed by atoms with van der Waals surface area (Å²) in [7, 11) is 0. The van der Waals surface area contributed by atoms with Crippen LogP contribution in [0.4, 0.5) is 0 Å². The van der Waals surface area contributed by atoms with Crippen molar-refractivity contribution in [2.75, 3.05) is 12.5 Å². The maximum absolute atomic E-state index is 10.5. The first-order valence-corrected chi connectivity index (χ1v) is 3.64. The fourth-order valence-electron chi connectivity index (χ4n) is 0.387. The van der Waals surface area contributed by atoms with Gasteiger partial charge in [-0.2, -0.15) is 0 Å². The Balaban J connectivity index is 3.52. The fourth-order valence-corrected chi connectivity index (χ4v) is 0.547. The van der Waals surface area contributed by atoms with Crippen molar-refractivity contribution in [1.29, 1.82) is 0 Å². The molecule has 0 aromatic rings. The van der Waals surface area contributed by atoms with E-state index in [-0.39, 0.29) is 18.5 Å². The van der Waals surface area contributed by atoms with Crippen LogP contribution >= 0.6 is 11.6 Å². The second-order valence-corrected chi connectivity index (χ2v) is 2.11. The Bertz CT molecular complexity index is 101. The van der Waals surface area contributed by atoms with Gasteiger partial charge in [0, 0.05) is 6.42 Å². The number of aliphatic hydroxyl groups is 1. The van der Waals surface area contributed by atoms with Crippen LogP contribution in [-0.4, -0.2) is 29.7 Å². The normalized spacial score (nSPS) is 12.7.